The summed E-state index contributed by atoms with van der Waals surface area (Å²) in [6, 6.07) is 10.4. The van der Waals surface area contributed by atoms with E-state index in [1.54, 1.807) is 43.3 Å². The van der Waals surface area contributed by atoms with Crippen molar-refractivity contribution in [2.75, 3.05) is 11.9 Å². The van der Waals surface area contributed by atoms with E-state index in [1.807, 2.05) is 5.38 Å². The maximum atomic E-state index is 11.9. The van der Waals surface area contributed by atoms with Crippen LogP contribution in [0.3, 0.4) is 0 Å². The molecule has 0 aliphatic carbocycles. The smallest absolute Gasteiger partial charge is 0.322 e. The fraction of sp³-hybridized carbons (Fsp3) is 0.188. The normalized spacial score (nSPS) is 11.5. The van der Waals surface area contributed by atoms with Gasteiger partial charge in [0.1, 0.15) is 6.54 Å². The molecule has 1 aromatic heterocycles. The first-order valence-electron chi connectivity index (χ1n) is 6.91. The summed E-state index contributed by atoms with van der Waals surface area (Å²) in [4.78, 5) is 34.8. The molecule has 1 aromatic carbocycles. The molecule has 2 amide bonds. The predicted molar refractivity (Wildman–Crippen MR) is 87.8 cm³/mol. The van der Waals surface area contributed by atoms with Crippen LogP contribution in [0.4, 0.5) is 5.69 Å². The van der Waals surface area contributed by atoms with Gasteiger partial charge in [0.05, 0.1) is 10.8 Å². The average Bonchev–Trinajstić information content (AvgIpc) is 3.07. The second-order valence-electron chi connectivity index (χ2n) is 4.89. The number of carboxylic acid groups (broad SMARTS) is 1. The SMILES string of the molecule is CC(C(=O)NCC(=O)O)c1ccc(NC(=O)c2cccs2)cc1. The Morgan fingerprint density at radius 3 is 2.43 bits per heavy atom. The number of carboxylic acids is 1. The van der Waals surface area contributed by atoms with E-state index in [-0.39, 0.29) is 11.8 Å². The standard InChI is InChI=1S/C16H16N2O4S/c1-10(15(21)17-9-14(19)20)11-4-6-12(7-5-11)18-16(22)13-3-2-8-23-13/h2-8,10H,9H2,1H3,(H,17,21)(H,18,22)(H,19,20). The number of benzene rings is 1. The highest BCUT2D eigenvalue weighted by Gasteiger charge is 2.16. The lowest BCUT2D eigenvalue weighted by molar-refractivity contribution is -0.138. The molecule has 3 N–H and O–H groups in total. The molecule has 0 saturated carbocycles. The van der Waals surface area contributed by atoms with E-state index in [9.17, 15) is 14.4 Å². The van der Waals surface area contributed by atoms with Gasteiger partial charge < -0.3 is 15.7 Å². The van der Waals surface area contributed by atoms with E-state index in [2.05, 4.69) is 10.6 Å². The fourth-order valence-corrected chi connectivity index (χ4v) is 2.54. The number of hydrogen-bond donors (Lipinski definition) is 3. The lowest BCUT2D eigenvalue weighted by Crippen LogP contribution is -2.32. The number of carbonyl (C=O) groups excluding carboxylic acids is 2. The highest BCUT2D eigenvalue weighted by Crippen LogP contribution is 2.19. The molecule has 0 aliphatic heterocycles. The van der Waals surface area contributed by atoms with Crippen LogP contribution in [0.25, 0.3) is 0 Å². The number of thiophene rings is 1. The number of nitrogens with one attached hydrogen (secondary N) is 2. The van der Waals surface area contributed by atoms with Gasteiger partial charge in [0.25, 0.3) is 5.91 Å². The maximum absolute atomic E-state index is 11.9. The van der Waals surface area contributed by atoms with E-state index in [0.29, 0.717) is 10.6 Å². The second-order valence-corrected chi connectivity index (χ2v) is 5.83. The van der Waals surface area contributed by atoms with Crippen molar-refractivity contribution in [2.24, 2.45) is 0 Å². The monoisotopic (exact) mass is 332 g/mol. The molecule has 2 aromatic rings. The summed E-state index contributed by atoms with van der Waals surface area (Å²) in [5.74, 6) is -2.10. The molecule has 2 rings (SSSR count). The Morgan fingerprint density at radius 1 is 1.17 bits per heavy atom. The molecule has 0 radical (unpaired) electrons. The van der Waals surface area contributed by atoms with Crippen LogP contribution in [0.1, 0.15) is 28.1 Å². The average molecular weight is 332 g/mol. The summed E-state index contributed by atoms with van der Waals surface area (Å²) in [5, 5.41) is 15.5. The van der Waals surface area contributed by atoms with Crippen LogP contribution in [0.2, 0.25) is 0 Å². The number of rotatable bonds is 6. The number of carbonyl (C=O) groups is 3. The second kappa shape index (κ2) is 7.55. The molecule has 0 fully saturated rings. The van der Waals surface area contributed by atoms with Crippen molar-refractivity contribution in [3.8, 4) is 0 Å². The zero-order valence-corrected chi connectivity index (χ0v) is 13.2. The molecule has 120 valence electrons. The van der Waals surface area contributed by atoms with Crippen molar-refractivity contribution >= 4 is 34.8 Å². The third kappa shape index (κ3) is 4.65. The number of aliphatic carboxylic acids is 1. The first kappa shape index (κ1) is 16.7. The van der Waals surface area contributed by atoms with E-state index >= 15 is 0 Å². The lowest BCUT2D eigenvalue weighted by Gasteiger charge is -2.12. The molecular formula is C16H16N2O4S. The summed E-state index contributed by atoms with van der Waals surface area (Å²) in [7, 11) is 0. The summed E-state index contributed by atoms with van der Waals surface area (Å²) in [6.07, 6.45) is 0. The van der Waals surface area contributed by atoms with Crippen LogP contribution in [-0.4, -0.2) is 29.4 Å². The quantitative estimate of drug-likeness (QED) is 0.756. The van der Waals surface area contributed by atoms with Crippen LogP contribution < -0.4 is 10.6 Å². The first-order valence-corrected chi connectivity index (χ1v) is 7.79. The Labute approximate surface area is 137 Å². The summed E-state index contributed by atoms with van der Waals surface area (Å²) in [6.45, 7) is 1.29. The zero-order chi connectivity index (χ0) is 16.8. The van der Waals surface area contributed by atoms with Crippen molar-refractivity contribution in [1.29, 1.82) is 0 Å². The van der Waals surface area contributed by atoms with Gasteiger partial charge in [-0.2, -0.15) is 0 Å². The van der Waals surface area contributed by atoms with Crippen molar-refractivity contribution in [3.63, 3.8) is 0 Å². The van der Waals surface area contributed by atoms with Gasteiger partial charge in [-0.3, -0.25) is 14.4 Å². The third-order valence-electron chi connectivity index (χ3n) is 3.22. The Kier molecular flexibility index (Phi) is 5.48. The minimum absolute atomic E-state index is 0.181. The van der Waals surface area contributed by atoms with E-state index < -0.39 is 18.4 Å². The van der Waals surface area contributed by atoms with Gasteiger partial charge in [0.15, 0.2) is 0 Å². The molecule has 1 atom stereocenters. The van der Waals surface area contributed by atoms with Gasteiger partial charge in [-0.15, -0.1) is 11.3 Å². The van der Waals surface area contributed by atoms with Gasteiger partial charge in [-0.05, 0) is 36.1 Å². The Balaban J connectivity index is 1.97. The van der Waals surface area contributed by atoms with E-state index in [4.69, 9.17) is 5.11 Å². The number of amides is 2. The number of hydrogen-bond acceptors (Lipinski definition) is 4. The molecular weight excluding hydrogens is 316 g/mol. The molecule has 23 heavy (non-hydrogen) atoms. The zero-order valence-electron chi connectivity index (χ0n) is 12.4. The highest BCUT2D eigenvalue weighted by molar-refractivity contribution is 7.12. The Morgan fingerprint density at radius 2 is 1.87 bits per heavy atom. The minimum atomic E-state index is -1.09. The van der Waals surface area contributed by atoms with Crippen molar-refractivity contribution in [3.05, 3.63) is 52.2 Å². The molecule has 1 unspecified atom stereocenters. The summed E-state index contributed by atoms with van der Waals surface area (Å²) >= 11 is 1.36. The summed E-state index contributed by atoms with van der Waals surface area (Å²) < 4.78 is 0. The first-order chi connectivity index (χ1) is 11.0. The number of anilines is 1. The van der Waals surface area contributed by atoms with Crippen LogP contribution in [0.5, 0.6) is 0 Å². The van der Waals surface area contributed by atoms with Gasteiger partial charge in [0.2, 0.25) is 5.91 Å². The minimum Gasteiger partial charge on any atom is -0.480 e. The Hall–Kier alpha value is -2.67. The fourth-order valence-electron chi connectivity index (χ4n) is 1.92. The van der Waals surface area contributed by atoms with Crippen molar-refractivity contribution in [1.82, 2.24) is 5.32 Å². The highest BCUT2D eigenvalue weighted by atomic mass is 32.1. The molecule has 0 aliphatic rings. The van der Waals surface area contributed by atoms with Gasteiger partial charge in [-0.25, -0.2) is 0 Å². The molecule has 0 spiro atoms. The maximum Gasteiger partial charge on any atom is 0.322 e. The topological polar surface area (TPSA) is 95.5 Å². The summed E-state index contributed by atoms with van der Waals surface area (Å²) in [5.41, 5.74) is 1.37. The van der Waals surface area contributed by atoms with Crippen LogP contribution in [0.15, 0.2) is 41.8 Å². The molecule has 7 heteroatoms. The van der Waals surface area contributed by atoms with E-state index in [1.165, 1.54) is 11.3 Å². The van der Waals surface area contributed by atoms with Crippen LogP contribution >= 0.6 is 11.3 Å². The predicted octanol–water partition coefficient (Wildman–Crippen LogP) is 2.30. The largest absolute Gasteiger partial charge is 0.480 e. The van der Waals surface area contributed by atoms with Gasteiger partial charge >= 0.3 is 5.97 Å². The third-order valence-corrected chi connectivity index (χ3v) is 4.09. The van der Waals surface area contributed by atoms with Gasteiger partial charge in [0, 0.05) is 5.69 Å². The van der Waals surface area contributed by atoms with Crippen molar-refractivity contribution < 1.29 is 19.5 Å². The van der Waals surface area contributed by atoms with E-state index in [0.717, 1.165) is 5.56 Å². The van der Waals surface area contributed by atoms with Crippen molar-refractivity contribution in [2.45, 2.75) is 12.8 Å². The van der Waals surface area contributed by atoms with Crippen LogP contribution in [0, 0.1) is 0 Å². The molecule has 6 nitrogen and oxygen atoms in total. The molecule has 0 bridgehead atoms. The van der Waals surface area contributed by atoms with Crippen LogP contribution in [-0.2, 0) is 9.59 Å². The Bertz CT molecular complexity index is 695. The van der Waals surface area contributed by atoms with Gasteiger partial charge in [-0.1, -0.05) is 18.2 Å². The molecule has 0 saturated heterocycles. The lowest BCUT2D eigenvalue weighted by atomic mass is 10.00. The molecule has 1 heterocycles.